The summed E-state index contributed by atoms with van der Waals surface area (Å²) < 4.78 is 21.1. The van der Waals surface area contributed by atoms with Crippen molar-refractivity contribution in [2.24, 2.45) is 0 Å². The van der Waals surface area contributed by atoms with Crippen LogP contribution in [0.3, 0.4) is 0 Å². The van der Waals surface area contributed by atoms with Crippen LogP contribution in [0.15, 0.2) is 35.8 Å². The molecule has 1 spiro atoms. The maximum Gasteiger partial charge on any atom is 0.340 e. The zero-order valence-electron chi connectivity index (χ0n) is 14.2. The summed E-state index contributed by atoms with van der Waals surface area (Å²) >= 11 is 0. The van der Waals surface area contributed by atoms with Crippen LogP contribution in [0.1, 0.15) is 33.2 Å². The second kappa shape index (κ2) is 5.77. The second-order valence-electron chi connectivity index (χ2n) is 5.58. The molecule has 0 saturated carbocycles. The number of methoxy groups -OCH3 is 3. The van der Waals surface area contributed by atoms with Crippen molar-refractivity contribution in [3.8, 4) is 5.75 Å². The number of hydrogen-bond donors (Lipinski definition) is 0. The number of allylic oxidation sites excluding steroid dienone is 1. The Balaban J connectivity index is 2.32. The molecule has 0 unspecified atom stereocenters. The highest BCUT2D eigenvalue weighted by Crippen LogP contribution is 2.48. The molecule has 1 aliphatic carbocycles. The lowest BCUT2D eigenvalue weighted by molar-refractivity contribution is -0.133. The Hall–Kier alpha value is -3.09. The largest absolute Gasteiger partial charge is 0.497 e. The standard InChI is InChI=1S/C18H16O7/c1-9(19)10-5-12-15(13(6-10)23-3)18(25-17(12)21)8-11(22-2)7-14(24-4)16(18)20/h5-8H,1-4H3/t18-/m0/s1. The Morgan fingerprint density at radius 2 is 1.80 bits per heavy atom. The molecule has 0 aromatic heterocycles. The maximum absolute atomic E-state index is 12.9. The highest BCUT2D eigenvalue weighted by Gasteiger charge is 2.55. The molecule has 1 aromatic rings. The Labute approximate surface area is 143 Å². The molecule has 0 amide bonds. The Morgan fingerprint density at radius 1 is 1.08 bits per heavy atom. The fraction of sp³-hybridized carbons (Fsp3) is 0.278. The summed E-state index contributed by atoms with van der Waals surface area (Å²) in [6.07, 6.45) is 2.81. The predicted octanol–water partition coefficient (Wildman–Crippen LogP) is 1.91. The molecule has 0 N–H and O–H groups in total. The van der Waals surface area contributed by atoms with Gasteiger partial charge in [-0.3, -0.25) is 9.59 Å². The smallest absolute Gasteiger partial charge is 0.340 e. The number of benzene rings is 1. The number of rotatable bonds is 4. The van der Waals surface area contributed by atoms with Crippen LogP contribution in [-0.4, -0.2) is 38.9 Å². The molecule has 1 atom stereocenters. The van der Waals surface area contributed by atoms with Gasteiger partial charge in [0.15, 0.2) is 11.5 Å². The van der Waals surface area contributed by atoms with E-state index in [1.807, 2.05) is 0 Å². The number of ketones is 2. The highest BCUT2D eigenvalue weighted by molar-refractivity contribution is 6.12. The van der Waals surface area contributed by atoms with Crippen molar-refractivity contribution < 1.29 is 33.3 Å². The van der Waals surface area contributed by atoms with Gasteiger partial charge < -0.3 is 18.9 Å². The fourth-order valence-electron chi connectivity index (χ4n) is 2.99. The molecule has 0 saturated heterocycles. The van der Waals surface area contributed by atoms with Crippen LogP contribution in [-0.2, 0) is 24.6 Å². The van der Waals surface area contributed by atoms with E-state index in [0.717, 1.165) is 0 Å². The third kappa shape index (κ3) is 2.31. The van der Waals surface area contributed by atoms with Gasteiger partial charge in [0, 0.05) is 17.7 Å². The van der Waals surface area contributed by atoms with Crippen molar-refractivity contribution in [3.05, 3.63) is 52.5 Å². The average Bonchev–Trinajstić information content (AvgIpc) is 2.89. The van der Waals surface area contributed by atoms with Crippen LogP contribution >= 0.6 is 0 Å². The molecule has 3 rings (SSSR count). The van der Waals surface area contributed by atoms with Crippen LogP contribution in [0.25, 0.3) is 0 Å². The van der Waals surface area contributed by atoms with Crippen LogP contribution in [0.5, 0.6) is 5.75 Å². The van der Waals surface area contributed by atoms with Crippen molar-refractivity contribution in [2.45, 2.75) is 12.5 Å². The van der Waals surface area contributed by atoms with Gasteiger partial charge in [-0.05, 0) is 19.1 Å². The molecule has 1 aromatic carbocycles. The van der Waals surface area contributed by atoms with E-state index in [1.54, 1.807) is 0 Å². The molecule has 130 valence electrons. The van der Waals surface area contributed by atoms with E-state index in [4.69, 9.17) is 18.9 Å². The highest BCUT2D eigenvalue weighted by atomic mass is 16.6. The average molecular weight is 344 g/mol. The zero-order chi connectivity index (χ0) is 18.4. The third-order valence-corrected chi connectivity index (χ3v) is 4.21. The summed E-state index contributed by atoms with van der Waals surface area (Å²) in [6, 6.07) is 2.87. The van der Waals surface area contributed by atoms with Gasteiger partial charge in [0.2, 0.25) is 11.4 Å². The number of carbonyl (C=O) groups excluding carboxylic acids is 3. The van der Waals surface area contributed by atoms with Gasteiger partial charge in [0.25, 0.3) is 0 Å². The van der Waals surface area contributed by atoms with Crippen LogP contribution < -0.4 is 4.74 Å². The van der Waals surface area contributed by atoms with Crippen molar-refractivity contribution in [1.82, 2.24) is 0 Å². The molecule has 25 heavy (non-hydrogen) atoms. The van der Waals surface area contributed by atoms with E-state index < -0.39 is 17.4 Å². The molecule has 0 radical (unpaired) electrons. The van der Waals surface area contributed by atoms with Gasteiger partial charge in [0.1, 0.15) is 11.5 Å². The molecule has 1 aliphatic heterocycles. The molecule has 0 fully saturated rings. The topological polar surface area (TPSA) is 88.1 Å². The molecule has 1 heterocycles. The quantitative estimate of drug-likeness (QED) is 0.609. The summed E-state index contributed by atoms with van der Waals surface area (Å²) in [4.78, 5) is 37.1. The predicted molar refractivity (Wildman–Crippen MR) is 85.3 cm³/mol. The van der Waals surface area contributed by atoms with Crippen LogP contribution in [0.2, 0.25) is 0 Å². The molecule has 0 bridgehead atoms. The minimum absolute atomic E-state index is 0.0160. The third-order valence-electron chi connectivity index (χ3n) is 4.21. The van der Waals surface area contributed by atoms with E-state index in [2.05, 4.69) is 0 Å². The number of fused-ring (bicyclic) bond motifs is 2. The minimum atomic E-state index is -1.75. The first-order valence-corrected chi connectivity index (χ1v) is 7.42. The molecule has 7 nitrogen and oxygen atoms in total. The summed E-state index contributed by atoms with van der Waals surface area (Å²) in [5, 5.41) is 0. The SMILES string of the molecule is COC1=C[C@@]2(OC(=O)c3cc(C(C)=O)cc(OC)c32)C(=O)C(OC)=C1. The Bertz CT molecular complexity index is 862. The summed E-state index contributed by atoms with van der Waals surface area (Å²) in [5.74, 6) is -1.04. The van der Waals surface area contributed by atoms with Crippen molar-refractivity contribution in [3.63, 3.8) is 0 Å². The lowest BCUT2D eigenvalue weighted by atomic mass is 9.82. The van der Waals surface area contributed by atoms with E-state index in [-0.39, 0.29) is 34.0 Å². The first-order valence-electron chi connectivity index (χ1n) is 7.42. The van der Waals surface area contributed by atoms with Gasteiger partial charge in [0.05, 0.1) is 32.5 Å². The number of hydrogen-bond acceptors (Lipinski definition) is 7. The summed E-state index contributed by atoms with van der Waals surface area (Å²) in [6.45, 7) is 1.37. The molecule has 2 aliphatic rings. The van der Waals surface area contributed by atoms with Crippen LogP contribution in [0.4, 0.5) is 0 Å². The molecular formula is C18H16O7. The maximum atomic E-state index is 12.9. The normalized spacial score (nSPS) is 21.3. The Kier molecular flexibility index (Phi) is 3.87. The lowest BCUT2D eigenvalue weighted by Crippen LogP contribution is -2.38. The lowest BCUT2D eigenvalue weighted by Gasteiger charge is -2.29. The van der Waals surface area contributed by atoms with E-state index >= 15 is 0 Å². The fourth-order valence-corrected chi connectivity index (χ4v) is 2.99. The summed E-state index contributed by atoms with van der Waals surface area (Å²) in [5.41, 5.74) is -1.14. The van der Waals surface area contributed by atoms with Gasteiger partial charge in [-0.25, -0.2) is 4.79 Å². The minimum Gasteiger partial charge on any atom is -0.497 e. The molecule has 7 heteroatoms. The van der Waals surface area contributed by atoms with Crippen molar-refractivity contribution >= 4 is 17.5 Å². The van der Waals surface area contributed by atoms with Crippen molar-refractivity contribution in [2.75, 3.05) is 21.3 Å². The zero-order valence-corrected chi connectivity index (χ0v) is 14.2. The number of esters is 1. The van der Waals surface area contributed by atoms with Crippen molar-refractivity contribution in [1.29, 1.82) is 0 Å². The first-order chi connectivity index (χ1) is 11.9. The van der Waals surface area contributed by atoms with Gasteiger partial charge >= 0.3 is 5.97 Å². The van der Waals surface area contributed by atoms with Gasteiger partial charge in [-0.1, -0.05) is 0 Å². The monoisotopic (exact) mass is 344 g/mol. The summed E-state index contributed by atoms with van der Waals surface area (Å²) in [7, 11) is 4.15. The second-order valence-corrected chi connectivity index (χ2v) is 5.58. The van der Waals surface area contributed by atoms with Crippen LogP contribution in [0, 0.1) is 0 Å². The van der Waals surface area contributed by atoms with Gasteiger partial charge in [-0.2, -0.15) is 0 Å². The van der Waals surface area contributed by atoms with Gasteiger partial charge in [-0.15, -0.1) is 0 Å². The number of Topliss-reactive ketones (excluding diaryl/α,β-unsaturated/α-hetero) is 2. The van der Waals surface area contributed by atoms with E-state index in [1.165, 1.54) is 52.5 Å². The number of ether oxygens (including phenoxy) is 4. The Morgan fingerprint density at radius 3 is 2.36 bits per heavy atom. The van der Waals surface area contributed by atoms with E-state index in [0.29, 0.717) is 5.76 Å². The van der Waals surface area contributed by atoms with E-state index in [9.17, 15) is 14.4 Å². The first kappa shape index (κ1) is 16.8. The number of carbonyl (C=O) groups is 3. The molecular weight excluding hydrogens is 328 g/mol.